The van der Waals surface area contributed by atoms with Crippen molar-refractivity contribution in [2.75, 3.05) is 13.2 Å². The van der Waals surface area contributed by atoms with Crippen LogP contribution in [0.4, 0.5) is 0 Å². The summed E-state index contributed by atoms with van der Waals surface area (Å²) >= 11 is 0. The average molecular weight is 461 g/mol. The molecule has 0 aliphatic carbocycles. The van der Waals surface area contributed by atoms with E-state index in [1.54, 1.807) is 6.20 Å². The Morgan fingerprint density at radius 3 is 1.94 bits per heavy atom. The maximum Gasteiger partial charge on any atom is 0.351 e. The van der Waals surface area contributed by atoms with E-state index in [-0.39, 0.29) is 10.8 Å². The SMILES string of the molecule is CCOP(=O)(OCC)C(NCc1cccnc1)c1cc(C(C)(C)C)c(C)c(C(C)(C)C)c1. The van der Waals surface area contributed by atoms with Gasteiger partial charge in [-0.05, 0) is 65.5 Å². The van der Waals surface area contributed by atoms with Crippen LogP contribution in [-0.4, -0.2) is 18.2 Å². The molecule has 0 aliphatic rings. The van der Waals surface area contributed by atoms with Crippen molar-refractivity contribution in [3.63, 3.8) is 0 Å². The molecule has 1 heterocycles. The molecule has 1 atom stereocenters. The fraction of sp³-hybridized carbons (Fsp3) is 0.577. The molecule has 32 heavy (non-hydrogen) atoms. The van der Waals surface area contributed by atoms with Gasteiger partial charge in [-0.25, -0.2) is 0 Å². The smallest absolute Gasteiger partial charge is 0.308 e. The number of pyridine rings is 1. The lowest BCUT2D eigenvalue weighted by molar-refractivity contribution is 0.207. The van der Waals surface area contributed by atoms with Crippen LogP contribution in [0.1, 0.15) is 89.0 Å². The van der Waals surface area contributed by atoms with Gasteiger partial charge >= 0.3 is 7.60 Å². The van der Waals surface area contributed by atoms with E-state index in [0.29, 0.717) is 19.8 Å². The first kappa shape index (κ1) is 26.7. The topological polar surface area (TPSA) is 60.5 Å². The molecule has 0 saturated carbocycles. The minimum atomic E-state index is -3.48. The van der Waals surface area contributed by atoms with Crippen molar-refractivity contribution >= 4 is 7.60 Å². The molecule has 0 saturated heterocycles. The fourth-order valence-corrected chi connectivity index (χ4v) is 6.05. The Morgan fingerprint density at radius 1 is 1.00 bits per heavy atom. The Hall–Kier alpha value is -1.52. The number of nitrogens with one attached hydrogen (secondary N) is 1. The van der Waals surface area contributed by atoms with Crippen molar-refractivity contribution in [2.45, 2.75) is 85.5 Å². The van der Waals surface area contributed by atoms with E-state index in [9.17, 15) is 4.57 Å². The third-order valence-electron chi connectivity index (χ3n) is 5.52. The predicted octanol–water partition coefficient (Wildman–Crippen LogP) is 7.04. The summed E-state index contributed by atoms with van der Waals surface area (Å²) in [5, 5.41) is 3.49. The molecule has 0 aliphatic heterocycles. The minimum absolute atomic E-state index is 0.0603. The van der Waals surface area contributed by atoms with Gasteiger partial charge in [0, 0.05) is 18.9 Å². The number of rotatable bonds is 9. The number of hydrogen-bond acceptors (Lipinski definition) is 5. The summed E-state index contributed by atoms with van der Waals surface area (Å²) in [5.74, 6) is -0.592. The van der Waals surface area contributed by atoms with Gasteiger partial charge in [-0.2, -0.15) is 0 Å². The molecule has 1 N–H and O–H groups in total. The van der Waals surface area contributed by atoms with Crippen molar-refractivity contribution < 1.29 is 13.6 Å². The molecular formula is C26H41N2O3P. The van der Waals surface area contributed by atoms with E-state index in [1.165, 1.54) is 16.7 Å². The first-order valence-electron chi connectivity index (χ1n) is 11.5. The van der Waals surface area contributed by atoms with E-state index in [2.05, 4.69) is 70.9 Å². The fourth-order valence-electron chi connectivity index (χ4n) is 4.13. The minimum Gasteiger partial charge on any atom is -0.308 e. The number of benzene rings is 1. The summed E-state index contributed by atoms with van der Waals surface area (Å²) in [6, 6.07) is 8.25. The van der Waals surface area contributed by atoms with Crippen molar-refractivity contribution in [3.8, 4) is 0 Å². The Labute approximate surface area is 194 Å². The molecule has 5 nitrogen and oxygen atoms in total. The molecule has 1 aromatic carbocycles. The molecule has 2 rings (SSSR count). The Morgan fingerprint density at radius 2 is 1.53 bits per heavy atom. The van der Waals surface area contributed by atoms with E-state index in [0.717, 1.165) is 11.1 Å². The summed E-state index contributed by atoms with van der Waals surface area (Å²) in [6.07, 6.45) is 3.56. The molecule has 0 fully saturated rings. The quantitative estimate of drug-likeness (QED) is 0.407. The second-order valence-corrected chi connectivity index (χ2v) is 12.4. The Bertz CT molecular complexity index is 885. The molecule has 1 unspecified atom stereocenters. The van der Waals surface area contributed by atoms with Gasteiger partial charge in [0.1, 0.15) is 5.78 Å². The van der Waals surface area contributed by atoms with E-state index < -0.39 is 13.4 Å². The van der Waals surface area contributed by atoms with Crippen LogP contribution in [0, 0.1) is 6.92 Å². The highest BCUT2D eigenvalue weighted by molar-refractivity contribution is 7.54. The molecule has 0 spiro atoms. The average Bonchev–Trinajstić information content (AvgIpc) is 2.68. The second kappa shape index (κ2) is 10.6. The maximum absolute atomic E-state index is 14.0. The second-order valence-electron chi connectivity index (χ2n) is 10.3. The highest BCUT2D eigenvalue weighted by Crippen LogP contribution is 2.60. The largest absolute Gasteiger partial charge is 0.351 e. The van der Waals surface area contributed by atoms with E-state index in [1.807, 2.05) is 32.2 Å². The van der Waals surface area contributed by atoms with Crippen LogP contribution in [0.15, 0.2) is 36.7 Å². The molecule has 1 aromatic heterocycles. The third kappa shape index (κ3) is 6.51. The van der Waals surface area contributed by atoms with E-state index in [4.69, 9.17) is 9.05 Å². The zero-order valence-electron chi connectivity index (χ0n) is 21.3. The Balaban J connectivity index is 2.69. The monoisotopic (exact) mass is 460 g/mol. The summed E-state index contributed by atoms with van der Waals surface area (Å²) in [4.78, 5) is 4.20. The molecule has 6 heteroatoms. The van der Waals surface area contributed by atoms with Crippen LogP contribution in [-0.2, 0) is 31.0 Å². The lowest BCUT2D eigenvalue weighted by Gasteiger charge is -2.33. The normalized spacial score (nSPS) is 13.9. The van der Waals surface area contributed by atoms with Gasteiger partial charge in [0.2, 0.25) is 0 Å². The molecule has 0 radical (unpaired) electrons. The molecule has 0 bridgehead atoms. The van der Waals surface area contributed by atoms with Crippen LogP contribution < -0.4 is 5.32 Å². The summed E-state index contributed by atoms with van der Waals surface area (Å²) in [6.45, 7) is 20.3. The van der Waals surface area contributed by atoms with Crippen LogP contribution in [0.3, 0.4) is 0 Å². The third-order valence-corrected chi connectivity index (χ3v) is 7.87. The molecular weight excluding hydrogens is 419 g/mol. The molecule has 0 amide bonds. The van der Waals surface area contributed by atoms with Crippen LogP contribution in [0.5, 0.6) is 0 Å². The first-order chi connectivity index (χ1) is 14.8. The maximum atomic E-state index is 14.0. The summed E-state index contributed by atoms with van der Waals surface area (Å²) < 4.78 is 25.6. The highest BCUT2D eigenvalue weighted by Gasteiger charge is 2.38. The van der Waals surface area contributed by atoms with Gasteiger partial charge < -0.3 is 9.05 Å². The first-order valence-corrected chi connectivity index (χ1v) is 13.1. The van der Waals surface area contributed by atoms with Crippen LogP contribution in [0.25, 0.3) is 0 Å². The number of nitrogens with zero attached hydrogens (tertiary/aromatic N) is 1. The number of aromatic nitrogens is 1. The van der Waals surface area contributed by atoms with Gasteiger partial charge in [0.25, 0.3) is 0 Å². The predicted molar refractivity (Wildman–Crippen MR) is 133 cm³/mol. The van der Waals surface area contributed by atoms with Crippen LogP contribution >= 0.6 is 7.60 Å². The van der Waals surface area contributed by atoms with E-state index >= 15 is 0 Å². The van der Waals surface area contributed by atoms with Crippen molar-refractivity contribution in [2.24, 2.45) is 0 Å². The van der Waals surface area contributed by atoms with Gasteiger partial charge in [0.05, 0.1) is 13.2 Å². The number of hydrogen-bond donors (Lipinski definition) is 1. The summed E-state index contributed by atoms with van der Waals surface area (Å²) in [7, 11) is -3.48. The van der Waals surface area contributed by atoms with Gasteiger partial charge in [-0.1, -0.05) is 59.7 Å². The van der Waals surface area contributed by atoms with Crippen molar-refractivity contribution in [1.29, 1.82) is 0 Å². The van der Waals surface area contributed by atoms with Crippen LogP contribution in [0.2, 0.25) is 0 Å². The highest BCUT2D eigenvalue weighted by atomic mass is 31.2. The van der Waals surface area contributed by atoms with Crippen molar-refractivity contribution in [1.82, 2.24) is 10.3 Å². The molecule has 2 aromatic rings. The van der Waals surface area contributed by atoms with Crippen molar-refractivity contribution in [3.05, 3.63) is 64.5 Å². The van der Waals surface area contributed by atoms with Gasteiger partial charge in [-0.15, -0.1) is 0 Å². The van der Waals surface area contributed by atoms with Gasteiger partial charge in [-0.3, -0.25) is 14.9 Å². The zero-order valence-corrected chi connectivity index (χ0v) is 22.2. The standard InChI is InChI=1S/C26H41N2O3P/c1-10-30-32(29,31-11-2)24(28-18-20-13-12-14-27-17-20)21-15-22(25(4,5)6)19(3)23(16-21)26(7,8)9/h12-17,24,28H,10-11,18H2,1-9H3. The molecule has 178 valence electrons. The van der Waals surface area contributed by atoms with Gasteiger partial charge in [0.15, 0.2) is 0 Å². The zero-order chi connectivity index (χ0) is 24.2. The summed E-state index contributed by atoms with van der Waals surface area (Å²) in [5.41, 5.74) is 5.59. The Kier molecular flexibility index (Phi) is 8.86. The lowest BCUT2D eigenvalue weighted by atomic mass is 9.75. The lowest BCUT2D eigenvalue weighted by Crippen LogP contribution is -2.26.